The van der Waals surface area contributed by atoms with Crippen LogP contribution in [-0.2, 0) is 0 Å². The van der Waals surface area contributed by atoms with Gasteiger partial charge in [-0.3, -0.25) is 20.4 Å². The number of ether oxygens (including phenoxy) is 1. The van der Waals surface area contributed by atoms with E-state index in [0.29, 0.717) is 22.6 Å². The molecule has 2 amide bonds. The SMILES string of the molecule is COc1cccc(C(=O)NNC(=O)c2cn(-c3ccccc3)nc2-c2ccccc2)c1. The van der Waals surface area contributed by atoms with Crippen LogP contribution < -0.4 is 15.6 Å². The topological polar surface area (TPSA) is 85.3 Å². The van der Waals surface area contributed by atoms with Gasteiger partial charge in [0.1, 0.15) is 11.4 Å². The Bertz CT molecular complexity index is 1200. The van der Waals surface area contributed by atoms with Crippen molar-refractivity contribution in [2.45, 2.75) is 0 Å². The van der Waals surface area contributed by atoms with Crippen molar-refractivity contribution in [3.8, 4) is 22.7 Å². The number of hydrazine groups is 1. The van der Waals surface area contributed by atoms with Crippen LogP contribution in [0.3, 0.4) is 0 Å². The molecule has 1 heterocycles. The van der Waals surface area contributed by atoms with Gasteiger partial charge < -0.3 is 4.74 Å². The lowest BCUT2D eigenvalue weighted by atomic mass is 10.1. The van der Waals surface area contributed by atoms with Crippen LogP contribution in [0.25, 0.3) is 16.9 Å². The van der Waals surface area contributed by atoms with E-state index in [9.17, 15) is 9.59 Å². The fourth-order valence-corrected chi connectivity index (χ4v) is 3.08. The second kappa shape index (κ2) is 8.96. The zero-order valence-corrected chi connectivity index (χ0v) is 16.8. The van der Waals surface area contributed by atoms with Gasteiger partial charge in [0, 0.05) is 17.3 Å². The highest BCUT2D eigenvalue weighted by Gasteiger charge is 2.19. The Labute approximate surface area is 179 Å². The van der Waals surface area contributed by atoms with E-state index < -0.39 is 11.8 Å². The Morgan fingerprint density at radius 1 is 0.839 bits per heavy atom. The molecule has 2 N–H and O–H groups in total. The minimum atomic E-state index is -0.475. The fourth-order valence-electron chi connectivity index (χ4n) is 3.08. The number of carbonyl (C=O) groups excluding carboxylic acids is 2. The summed E-state index contributed by atoms with van der Waals surface area (Å²) in [6, 6.07) is 25.6. The molecule has 7 nitrogen and oxygen atoms in total. The monoisotopic (exact) mass is 412 g/mol. The average Bonchev–Trinajstić information content (AvgIpc) is 3.29. The molecule has 0 fully saturated rings. The Balaban J connectivity index is 1.59. The summed E-state index contributed by atoms with van der Waals surface area (Å²) in [5.74, 6) is -0.379. The predicted octanol–water partition coefficient (Wildman–Crippen LogP) is 3.62. The molecule has 0 aliphatic rings. The van der Waals surface area contributed by atoms with Crippen LogP contribution in [0.2, 0.25) is 0 Å². The van der Waals surface area contributed by atoms with Crippen LogP contribution in [0.15, 0.2) is 91.1 Å². The Morgan fingerprint density at radius 3 is 2.23 bits per heavy atom. The third-order valence-electron chi connectivity index (χ3n) is 4.65. The van der Waals surface area contributed by atoms with Crippen LogP contribution in [0.1, 0.15) is 20.7 Å². The van der Waals surface area contributed by atoms with E-state index in [-0.39, 0.29) is 0 Å². The lowest BCUT2D eigenvalue weighted by molar-refractivity contribution is 0.0847. The van der Waals surface area contributed by atoms with Crippen molar-refractivity contribution in [2.75, 3.05) is 7.11 Å². The summed E-state index contributed by atoms with van der Waals surface area (Å²) in [6.45, 7) is 0. The van der Waals surface area contributed by atoms with Gasteiger partial charge in [-0.15, -0.1) is 0 Å². The van der Waals surface area contributed by atoms with Crippen LogP contribution in [-0.4, -0.2) is 28.7 Å². The molecule has 0 unspecified atom stereocenters. The molecule has 0 aliphatic heterocycles. The first-order valence-electron chi connectivity index (χ1n) is 9.61. The first kappa shape index (κ1) is 19.9. The van der Waals surface area contributed by atoms with Gasteiger partial charge in [0.05, 0.1) is 18.4 Å². The molecule has 0 spiro atoms. The molecule has 1 aromatic heterocycles. The summed E-state index contributed by atoms with van der Waals surface area (Å²) in [5.41, 5.74) is 7.74. The quantitative estimate of drug-likeness (QED) is 0.490. The normalized spacial score (nSPS) is 10.4. The van der Waals surface area contributed by atoms with Crippen LogP contribution in [0, 0.1) is 0 Å². The third-order valence-corrected chi connectivity index (χ3v) is 4.65. The van der Waals surface area contributed by atoms with Gasteiger partial charge in [-0.25, -0.2) is 4.68 Å². The van der Waals surface area contributed by atoms with Gasteiger partial charge in [-0.05, 0) is 30.3 Å². The maximum Gasteiger partial charge on any atom is 0.273 e. The van der Waals surface area contributed by atoms with E-state index in [1.165, 1.54) is 7.11 Å². The summed E-state index contributed by atoms with van der Waals surface area (Å²) in [6.07, 6.45) is 1.64. The minimum Gasteiger partial charge on any atom is -0.497 e. The number of amides is 2. The molecule has 0 saturated heterocycles. The minimum absolute atomic E-state index is 0.334. The summed E-state index contributed by atoms with van der Waals surface area (Å²) in [7, 11) is 1.52. The maximum absolute atomic E-state index is 12.9. The summed E-state index contributed by atoms with van der Waals surface area (Å²) < 4.78 is 6.77. The van der Waals surface area contributed by atoms with Gasteiger partial charge in [-0.1, -0.05) is 54.6 Å². The first-order valence-corrected chi connectivity index (χ1v) is 9.61. The second-order valence-corrected chi connectivity index (χ2v) is 6.68. The number of hydrogen-bond donors (Lipinski definition) is 2. The molecule has 154 valence electrons. The van der Waals surface area contributed by atoms with Crippen LogP contribution in [0.4, 0.5) is 0 Å². The average molecular weight is 412 g/mol. The maximum atomic E-state index is 12.9. The molecule has 0 aliphatic carbocycles. The molecule has 0 atom stereocenters. The highest BCUT2D eigenvalue weighted by atomic mass is 16.5. The smallest absolute Gasteiger partial charge is 0.273 e. The van der Waals surface area contributed by atoms with Crippen molar-refractivity contribution >= 4 is 11.8 Å². The number of nitrogens with one attached hydrogen (secondary N) is 2. The summed E-state index contributed by atoms with van der Waals surface area (Å²) in [4.78, 5) is 25.4. The van der Waals surface area contributed by atoms with E-state index in [4.69, 9.17) is 4.74 Å². The molecule has 0 bridgehead atoms. The molecule has 4 aromatic rings. The number of benzene rings is 3. The molecular weight excluding hydrogens is 392 g/mol. The lowest BCUT2D eigenvalue weighted by Crippen LogP contribution is -2.41. The van der Waals surface area contributed by atoms with Gasteiger partial charge in [-0.2, -0.15) is 5.10 Å². The fraction of sp³-hybridized carbons (Fsp3) is 0.0417. The number of hydrogen-bond acceptors (Lipinski definition) is 4. The molecule has 7 heteroatoms. The molecular formula is C24H20N4O3. The molecule has 0 radical (unpaired) electrons. The van der Waals surface area contributed by atoms with Crippen LogP contribution in [0.5, 0.6) is 5.75 Å². The van der Waals surface area contributed by atoms with E-state index >= 15 is 0 Å². The lowest BCUT2D eigenvalue weighted by Gasteiger charge is -2.08. The zero-order chi connectivity index (χ0) is 21.6. The Hall–Kier alpha value is -4.39. The van der Waals surface area contributed by atoms with Crippen molar-refractivity contribution in [1.82, 2.24) is 20.6 Å². The number of aromatic nitrogens is 2. The van der Waals surface area contributed by atoms with Crippen LogP contribution >= 0.6 is 0 Å². The highest BCUT2D eigenvalue weighted by molar-refractivity contribution is 6.02. The number of carbonyl (C=O) groups is 2. The van der Waals surface area contributed by atoms with Gasteiger partial charge in [0.15, 0.2) is 0 Å². The molecule has 0 saturated carbocycles. The standard InChI is InChI=1S/C24H20N4O3/c1-31-20-14-8-11-18(15-20)23(29)25-26-24(30)21-16-28(19-12-6-3-7-13-19)27-22(21)17-9-4-2-5-10-17/h2-16H,1H3,(H,25,29)(H,26,30). The highest BCUT2D eigenvalue weighted by Crippen LogP contribution is 2.23. The second-order valence-electron chi connectivity index (χ2n) is 6.68. The number of rotatable bonds is 5. The van der Waals surface area contributed by atoms with E-state index in [1.54, 1.807) is 35.1 Å². The summed E-state index contributed by atoms with van der Waals surface area (Å²) in [5, 5.41) is 4.61. The van der Waals surface area contributed by atoms with E-state index in [2.05, 4.69) is 16.0 Å². The molecule has 31 heavy (non-hydrogen) atoms. The van der Waals surface area contributed by atoms with E-state index in [0.717, 1.165) is 11.3 Å². The van der Waals surface area contributed by atoms with Crippen molar-refractivity contribution in [2.24, 2.45) is 0 Å². The van der Waals surface area contributed by atoms with Gasteiger partial charge in [0.2, 0.25) is 0 Å². The van der Waals surface area contributed by atoms with Crippen molar-refractivity contribution in [3.63, 3.8) is 0 Å². The summed E-state index contributed by atoms with van der Waals surface area (Å²) >= 11 is 0. The van der Waals surface area contributed by atoms with Gasteiger partial charge >= 0.3 is 0 Å². The zero-order valence-electron chi connectivity index (χ0n) is 16.8. The molecule has 4 rings (SSSR count). The van der Waals surface area contributed by atoms with Gasteiger partial charge in [0.25, 0.3) is 11.8 Å². The number of methoxy groups -OCH3 is 1. The van der Waals surface area contributed by atoms with Crippen molar-refractivity contribution < 1.29 is 14.3 Å². The first-order chi connectivity index (χ1) is 15.2. The van der Waals surface area contributed by atoms with E-state index in [1.807, 2.05) is 60.7 Å². The molecule has 3 aromatic carbocycles. The Morgan fingerprint density at radius 2 is 1.52 bits per heavy atom. The predicted molar refractivity (Wildman–Crippen MR) is 117 cm³/mol. The number of para-hydroxylation sites is 1. The number of nitrogens with zero attached hydrogens (tertiary/aromatic N) is 2. The Kier molecular flexibility index (Phi) is 5.75. The largest absolute Gasteiger partial charge is 0.497 e. The van der Waals surface area contributed by atoms with Crippen molar-refractivity contribution in [1.29, 1.82) is 0 Å². The van der Waals surface area contributed by atoms with Crippen molar-refractivity contribution in [3.05, 3.63) is 102 Å². The third kappa shape index (κ3) is 4.45.